The molecule has 0 unspecified atom stereocenters. The summed E-state index contributed by atoms with van der Waals surface area (Å²) in [5.41, 5.74) is 5.25. The first-order chi connectivity index (χ1) is 16.9. The topological polar surface area (TPSA) is 80.5 Å². The lowest BCUT2D eigenvalue weighted by Crippen LogP contribution is -2.44. The fourth-order valence-corrected chi connectivity index (χ4v) is 6.12. The first-order valence-corrected chi connectivity index (χ1v) is 12.5. The van der Waals surface area contributed by atoms with Crippen LogP contribution in [0, 0.1) is 27.9 Å². The molecule has 0 fully saturated rings. The third-order valence-corrected chi connectivity index (χ3v) is 7.62. The number of allylic oxidation sites excluding steroid dienone is 4. The second kappa shape index (κ2) is 8.26. The van der Waals surface area contributed by atoms with Crippen molar-refractivity contribution in [1.29, 1.82) is 0 Å². The highest BCUT2D eigenvalue weighted by Crippen LogP contribution is 2.55. The average Bonchev–Trinajstić information content (AvgIpc) is 2.77. The maximum absolute atomic E-state index is 13.8. The van der Waals surface area contributed by atoms with Gasteiger partial charge in [0.15, 0.2) is 11.6 Å². The van der Waals surface area contributed by atoms with E-state index < -0.39 is 10.8 Å². The summed E-state index contributed by atoms with van der Waals surface area (Å²) in [6, 6.07) is 14.6. The predicted octanol–water partition coefficient (Wildman–Crippen LogP) is 6.79. The van der Waals surface area contributed by atoms with E-state index >= 15 is 0 Å². The van der Waals surface area contributed by atoms with Crippen molar-refractivity contribution in [3.63, 3.8) is 0 Å². The maximum atomic E-state index is 13.8. The van der Waals surface area contributed by atoms with Gasteiger partial charge in [0, 0.05) is 59.1 Å². The number of aryl methyl sites for hydroxylation is 1. The van der Waals surface area contributed by atoms with E-state index in [1.807, 2.05) is 25.1 Å². The molecule has 0 aromatic heterocycles. The zero-order valence-electron chi connectivity index (χ0n) is 21.6. The summed E-state index contributed by atoms with van der Waals surface area (Å²) >= 11 is 0. The molecule has 0 atom stereocenters. The molecule has 0 amide bonds. The molecule has 0 N–H and O–H groups in total. The van der Waals surface area contributed by atoms with Gasteiger partial charge in [0.05, 0.1) is 4.92 Å². The molecule has 36 heavy (non-hydrogen) atoms. The van der Waals surface area contributed by atoms with Crippen molar-refractivity contribution >= 4 is 22.9 Å². The van der Waals surface area contributed by atoms with Crippen molar-refractivity contribution in [2.24, 2.45) is 10.8 Å². The molecular weight excluding hydrogens is 452 g/mol. The van der Waals surface area contributed by atoms with Crippen molar-refractivity contribution in [3.05, 3.63) is 92.3 Å². The summed E-state index contributed by atoms with van der Waals surface area (Å²) in [6.45, 7) is 10.4. The maximum Gasteiger partial charge on any atom is 0.269 e. The highest BCUT2D eigenvalue weighted by molar-refractivity contribution is 6.08. The van der Waals surface area contributed by atoms with Crippen molar-refractivity contribution in [2.75, 3.05) is 4.90 Å². The fourth-order valence-electron chi connectivity index (χ4n) is 6.12. The minimum atomic E-state index is -0.594. The summed E-state index contributed by atoms with van der Waals surface area (Å²) in [4.78, 5) is 41.0. The van der Waals surface area contributed by atoms with Crippen LogP contribution in [0.5, 0.6) is 0 Å². The van der Waals surface area contributed by atoms with Gasteiger partial charge in [-0.1, -0.05) is 57.5 Å². The third-order valence-electron chi connectivity index (χ3n) is 7.62. The van der Waals surface area contributed by atoms with E-state index in [1.54, 1.807) is 6.07 Å². The van der Waals surface area contributed by atoms with Crippen LogP contribution in [0.2, 0.25) is 0 Å². The van der Waals surface area contributed by atoms with Crippen LogP contribution >= 0.6 is 0 Å². The number of hydrogen-bond acceptors (Lipinski definition) is 5. The van der Waals surface area contributed by atoms with Crippen molar-refractivity contribution in [1.82, 2.24) is 0 Å². The number of ketones is 2. The van der Waals surface area contributed by atoms with E-state index in [2.05, 4.69) is 44.7 Å². The Morgan fingerprint density at radius 3 is 1.86 bits per heavy atom. The van der Waals surface area contributed by atoms with E-state index in [9.17, 15) is 19.7 Å². The Kier molecular flexibility index (Phi) is 5.54. The van der Waals surface area contributed by atoms with Crippen LogP contribution in [0.15, 0.2) is 71.1 Å². The van der Waals surface area contributed by atoms with Gasteiger partial charge in [-0.3, -0.25) is 19.7 Å². The molecule has 2 aromatic rings. The van der Waals surface area contributed by atoms with E-state index in [0.29, 0.717) is 42.4 Å². The lowest BCUT2D eigenvalue weighted by molar-refractivity contribution is -0.384. The molecule has 0 saturated heterocycles. The molecule has 186 valence electrons. The molecule has 1 aliphatic heterocycles. The Labute approximate surface area is 211 Å². The number of nitro groups is 1. The van der Waals surface area contributed by atoms with Gasteiger partial charge in [0.2, 0.25) is 0 Å². The SMILES string of the molecule is Cc1ccc(N2C3=C(C(=O)CC(C)(C)C3)C(c3cccc([N+](=O)[O-])c3)C3=C2CC(C)(C)CC3=O)cc1. The van der Waals surface area contributed by atoms with Crippen LogP contribution in [0.3, 0.4) is 0 Å². The predicted molar refractivity (Wildman–Crippen MR) is 140 cm³/mol. The number of carbonyl (C=O) groups excluding carboxylic acids is 2. The summed E-state index contributed by atoms with van der Waals surface area (Å²) in [5, 5.41) is 11.6. The Morgan fingerprint density at radius 2 is 1.36 bits per heavy atom. The molecule has 0 saturated carbocycles. The summed E-state index contributed by atoms with van der Waals surface area (Å²) < 4.78 is 0. The lowest BCUT2D eigenvalue weighted by Gasteiger charge is -2.49. The van der Waals surface area contributed by atoms with Gasteiger partial charge in [0.1, 0.15) is 0 Å². The van der Waals surface area contributed by atoms with Crippen LogP contribution in [0.25, 0.3) is 0 Å². The zero-order valence-corrected chi connectivity index (χ0v) is 21.6. The van der Waals surface area contributed by atoms with Crippen LogP contribution in [0.1, 0.15) is 70.4 Å². The van der Waals surface area contributed by atoms with Gasteiger partial charge < -0.3 is 4.90 Å². The quantitative estimate of drug-likeness (QED) is 0.354. The molecule has 6 nitrogen and oxygen atoms in total. The minimum Gasteiger partial charge on any atom is -0.317 e. The zero-order chi connectivity index (χ0) is 26.0. The van der Waals surface area contributed by atoms with Gasteiger partial charge in [-0.25, -0.2) is 0 Å². The summed E-state index contributed by atoms with van der Waals surface area (Å²) in [5.74, 6) is -0.568. The summed E-state index contributed by atoms with van der Waals surface area (Å²) in [6.07, 6.45) is 2.11. The molecule has 0 spiro atoms. The Bertz CT molecular complexity index is 1310. The normalized spacial score (nSPS) is 21.4. The molecule has 3 aliphatic rings. The van der Waals surface area contributed by atoms with Crippen molar-refractivity contribution in [3.8, 4) is 0 Å². The molecule has 6 heteroatoms. The van der Waals surface area contributed by atoms with Crippen molar-refractivity contribution in [2.45, 2.75) is 66.2 Å². The molecular formula is C30H32N2O4. The van der Waals surface area contributed by atoms with Crippen molar-refractivity contribution < 1.29 is 14.5 Å². The van der Waals surface area contributed by atoms with Crippen LogP contribution < -0.4 is 4.90 Å². The number of carbonyl (C=O) groups is 2. The first-order valence-electron chi connectivity index (χ1n) is 12.5. The number of Topliss-reactive ketones (excluding diaryl/α,β-unsaturated/α-hetero) is 2. The van der Waals surface area contributed by atoms with E-state index in [-0.39, 0.29) is 28.1 Å². The van der Waals surface area contributed by atoms with E-state index in [1.165, 1.54) is 12.1 Å². The third kappa shape index (κ3) is 4.08. The Hall–Kier alpha value is -3.54. The second-order valence-electron chi connectivity index (χ2n) is 12.1. The number of anilines is 1. The molecule has 2 aliphatic carbocycles. The van der Waals surface area contributed by atoms with Gasteiger partial charge in [-0.2, -0.15) is 0 Å². The Morgan fingerprint density at radius 1 is 0.833 bits per heavy atom. The van der Waals surface area contributed by atoms with Gasteiger partial charge in [0.25, 0.3) is 5.69 Å². The molecule has 1 heterocycles. The van der Waals surface area contributed by atoms with Crippen LogP contribution in [-0.2, 0) is 9.59 Å². The molecule has 0 bridgehead atoms. The monoisotopic (exact) mass is 484 g/mol. The molecule has 0 radical (unpaired) electrons. The van der Waals surface area contributed by atoms with Gasteiger partial charge >= 0.3 is 0 Å². The van der Waals surface area contributed by atoms with Crippen LogP contribution in [-0.4, -0.2) is 16.5 Å². The largest absolute Gasteiger partial charge is 0.317 e. The number of nitro benzene ring substituents is 1. The lowest BCUT2D eigenvalue weighted by atomic mass is 9.63. The number of hydrogen-bond donors (Lipinski definition) is 0. The number of benzene rings is 2. The smallest absolute Gasteiger partial charge is 0.269 e. The minimum absolute atomic E-state index is 0.0130. The first kappa shape index (κ1) is 24.2. The highest BCUT2D eigenvalue weighted by Gasteiger charge is 2.49. The molecule has 5 rings (SSSR count). The average molecular weight is 485 g/mol. The summed E-state index contributed by atoms with van der Waals surface area (Å²) in [7, 11) is 0. The second-order valence-corrected chi connectivity index (χ2v) is 12.1. The van der Waals surface area contributed by atoms with Gasteiger partial charge in [-0.05, 0) is 48.3 Å². The Balaban J connectivity index is 1.83. The number of non-ortho nitro benzene ring substituents is 1. The number of nitrogens with zero attached hydrogens (tertiary/aromatic N) is 2. The van der Waals surface area contributed by atoms with Gasteiger partial charge in [-0.15, -0.1) is 0 Å². The van der Waals surface area contributed by atoms with E-state index in [0.717, 1.165) is 22.6 Å². The fraction of sp³-hybridized carbons (Fsp3) is 0.400. The standard InChI is InChI=1S/C30H32N2O4/c1-18-9-11-20(12-10-18)31-22-14-29(2,3)16-24(33)27(22)26(19-7-6-8-21(13-19)32(35)36)28-23(31)15-30(4,5)17-25(28)34/h6-13,26H,14-17H2,1-5H3. The number of rotatable bonds is 3. The molecule has 2 aromatic carbocycles. The highest BCUT2D eigenvalue weighted by atomic mass is 16.6. The van der Waals surface area contributed by atoms with Crippen LogP contribution in [0.4, 0.5) is 11.4 Å². The van der Waals surface area contributed by atoms with E-state index in [4.69, 9.17) is 0 Å².